The van der Waals surface area contributed by atoms with Gasteiger partial charge in [0.1, 0.15) is 10.8 Å². The number of pyridine rings is 1. The van der Waals surface area contributed by atoms with Gasteiger partial charge in [-0.05, 0) is 19.1 Å². The minimum Gasteiger partial charge on any atom is -0.394 e. The number of rotatable bonds is 7. The predicted octanol–water partition coefficient (Wildman–Crippen LogP) is 0.469. The molecule has 0 aliphatic carbocycles. The first-order valence-corrected chi connectivity index (χ1v) is 6.13. The lowest BCUT2D eigenvalue weighted by Gasteiger charge is -2.19. The first-order valence-electron chi connectivity index (χ1n) is 5.73. The molecule has 100 valence electrons. The highest BCUT2D eigenvalue weighted by atomic mass is 32.1. The van der Waals surface area contributed by atoms with Crippen molar-refractivity contribution in [3.8, 4) is 0 Å². The summed E-state index contributed by atoms with van der Waals surface area (Å²) in [7, 11) is 1.92. The summed E-state index contributed by atoms with van der Waals surface area (Å²) in [6.45, 7) is 3.52. The minimum atomic E-state index is 0.0397. The Morgan fingerprint density at radius 3 is 2.83 bits per heavy atom. The van der Waals surface area contributed by atoms with Crippen molar-refractivity contribution < 1.29 is 9.84 Å². The highest BCUT2D eigenvalue weighted by Crippen LogP contribution is 2.13. The Hall–Kier alpha value is -1.24. The molecular formula is C12H19N3O2S. The van der Waals surface area contributed by atoms with Crippen LogP contribution in [0.5, 0.6) is 0 Å². The Labute approximate surface area is 113 Å². The van der Waals surface area contributed by atoms with Gasteiger partial charge in [-0.1, -0.05) is 12.2 Å². The van der Waals surface area contributed by atoms with E-state index in [1.165, 1.54) is 0 Å². The van der Waals surface area contributed by atoms with E-state index in [-0.39, 0.29) is 6.61 Å². The number of aliphatic hydroxyl groups excluding tert-OH is 1. The molecule has 1 rings (SSSR count). The van der Waals surface area contributed by atoms with E-state index in [1.54, 1.807) is 0 Å². The number of hydrogen-bond donors (Lipinski definition) is 2. The van der Waals surface area contributed by atoms with Gasteiger partial charge in [-0.25, -0.2) is 4.98 Å². The van der Waals surface area contributed by atoms with Crippen LogP contribution in [0.3, 0.4) is 0 Å². The van der Waals surface area contributed by atoms with Gasteiger partial charge in [0.25, 0.3) is 0 Å². The molecule has 1 aromatic heterocycles. The third-order valence-corrected chi connectivity index (χ3v) is 2.66. The number of anilines is 1. The lowest BCUT2D eigenvalue weighted by atomic mass is 10.2. The largest absolute Gasteiger partial charge is 0.394 e. The highest BCUT2D eigenvalue weighted by Gasteiger charge is 2.06. The van der Waals surface area contributed by atoms with Crippen LogP contribution in [-0.4, -0.2) is 48.5 Å². The zero-order valence-electron chi connectivity index (χ0n) is 10.7. The van der Waals surface area contributed by atoms with Crippen LogP contribution in [0.4, 0.5) is 5.82 Å². The van der Waals surface area contributed by atoms with Crippen molar-refractivity contribution in [2.24, 2.45) is 5.73 Å². The molecule has 0 aliphatic heterocycles. The van der Waals surface area contributed by atoms with Crippen molar-refractivity contribution in [1.29, 1.82) is 0 Å². The van der Waals surface area contributed by atoms with E-state index in [4.69, 9.17) is 27.8 Å². The van der Waals surface area contributed by atoms with E-state index >= 15 is 0 Å². The molecule has 0 aliphatic rings. The maximum atomic E-state index is 8.60. The second-order valence-electron chi connectivity index (χ2n) is 3.98. The van der Waals surface area contributed by atoms with Crippen LogP contribution in [0.2, 0.25) is 0 Å². The lowest BCUT2D eigenvalue weighted by Crippen LogP contribution is -2.25. The Balaban J connectivity index is 2.67. The van der Waals surface area contributed by atoms with Crippen molar-refractivity contribution in [3.05, 3.63) is 23.4 Å². The van der Waals surface area contributed by atoms with Gasteiger partial charge >= 0.3 is 0 Å². The SMILES string of the molecule is Cc1cc(C(N)=S)cc(N(C)CCOCCO)n1. The summed E-state index contributed by atoms with van der Waals surface area (Å²) in [5.74, 6) is 0.811. The van der Waals surface area contributed by atoms with E-state index in [9.17, 15) is 0 Å². The van der Waals surface area contributed by atoms with Crippen LogP contribution in [0.1, 0.15) is 11.3 Å². The molecule has 6 heteroatoms. The van der Waals surface area contributed by atoms with Gasteiger partial charge in [-0.15, -0.1) is 0 Å². The summed E-state index contributed by atoms with van der Waals surface area (Å²) < 4.78 is 5.21. The third-order valence-electron chi connectivity index (χ3n) is 2.42. The zero-order chi connectivity index (χ0) is 13.5. The molecule has 0 saturated heterocycles. The zero-order valence-corrected chi connectivity index (χ0v) is 11.5. The summed E-state index contributed by atoms with van der Waals surface area (Å²) >= 11 is 4.97. The standard InChI is InChI=1S/C12H19N3O2S/c1-9-7-10(12(13)18)8-11(14-9)15(2)3-5-17-6-4-16/h7-8,16H,3-6H2,1-2H3,(H2,13,18). The number of ether oxygens (including phenoxy) is 1. The van der Waals surface area contributed by atoms with E-state index < -0.39 is 0 Å². The average Bonchev–Trinajstić information content (AvgIpc) is 2.33. The predicted molar refractivity (Wildman–Crippen MR) is 76.0 cm³/mol. The third kappa shape index (κ3) is 4.56. The van der Waals surface area contributed by atoms with Crippen LogP contribution in [0.15, 0.2) is 12.1 Å². The van der Waals surface area contributed by atoms with E-state index in [0.29, 0.717) is 24.7 Å². The summed E-state index contributed by atoms with van der Waals surface area (Å²) in [6.07, 6.45) is 0. The fraction of sp³-hybridized carbons (Fsp3) is 0.500. The van der Waals surface area contributed by atoms with Crippen molar-refractivity contribution >= 4 is 23.0 Å². The Morgan fingerprint density at radius 1 is 1.50 bits per heavy atom. The summed E-state index contributed by atoms with van der Waals surface area (Å²) in [6, 6.07) is 3.73. The number of aromatic nitrogens is 1. The Bertz CT molecular complexity index is 412. The van der Waals surface area contributed by atoms with Gasteiger partial charge in [-0.2, -0.15) is 0 Å². The molecule has 18 heavy (non-hydrogen) atoms. The quantitative estimate of drug-likeness (QED) is 0.554. The van der Waals surface area contributed by atoms with Crippen LogP contribution in [-0.2, 0) is 4.74 Å². The first-order chi connectivity index (χ1) is 8.54. The van der Waals surface area contributed by atoms with Crippen LogP contribution in [0, 0.1) is 6.92 Å². The molecular weight excluding hydrogens is 250 g/mol. The molecule has 0 radical (unpaired) electrons. The molecule has 0 aromatic carbocycles. The number of aryl methyl sites for hydroxylation is 1. The van der Waals surface area contributed by atoms with E-state index in [1.807, 2.05) is 31.0 Å². The summed E-state index contributed by atoms with van der Waals surface area (Å²) in [5.41, 5.74) is 7.31. The van der Waals surface area contributed by atoms with Crippen molar-refractivity contribution in [2.75, 3.05) is 38.3 Å². The highest BCUT2D eigenvalue weighted by molar-refractivity contribution is 7.80. The van der Waals surface area contributed by atoms with Crippen molar-refractivity contribution in [2.45, 2.75) is 6.92 Å². The number of likely N-dealkylation sites (N-methyl/N-ethyl adjacent to an activating group) is 1. The second kappa shape index (κ2) is 7.25. The van der Waals surface area contributed by atoms with Gasteiger partial charge in [0.2, 0.25) is 0 Å². The monoisotopic (exact) mass is 269 g/mol. The Morgan fingerprint density at radius 2 is 2.22 bits per heavy atom. The fourth-order valence-corrected chi connectivity index (χ4v) is 1.59. The van der Waals surface area contributed by atoms with Gasteiger partial charge in [0, 0.05) is 24.8 Å². The molecule has 1 aromatic rings. The van der Waals surface area contributed by atoms with Gasteiger partial charge < -0.3 is 20.5 Å². The second-order valence-corrected chi connectivity index (χ2v) is 4.42. The van der Waals surface area contributed by atoms with E-state index in [2.05, 4.69) is 4.98 Å². The van der Waals surface area contributed by atoms with E-state index in [0.717, 1.165) is 17.1 Å². The number of nitrogens with zero attached hydrogens (tertiary/aromatic N) is 2. The smallest absolute Gasteiger partial charge is 0.129 e. The molecule has 0 fully saturated rings. The summed E-state index contributed by atoms with van der Waals surface area (Å²) in [4.78, 5) is 6.75. The Kier molecular flexibility index (Phi) is 5.97. The molecule has 0 unspecified atom stereocenters. The topological polar surface area (TPSA) is 71.6 Å². The van der Waals surface area contributed by atoms with Gasteiger partial charge in [-0.3, -0.25) is 0 Å². The molecule has 1 heterocycles. The maximum Gasteiger partial charge on any atom is 0.129 e. The number of nitrogens with two attached hydrogens (primary N) is 1. The van der Waals surface area contributed by atoms with Gasteiger partial charge in [0.05, 0.1) is 19.8 Å². The van der Waals surface area contributed by atoms with Crippen LogP contribution >= 0.6 is 12.2 Å². The molecule has 0 bridgehead atoms. The normalized spacial score (nSPS) is 10.4. The van der Waals surface area contributed by atoms with Crippen molar-refractivity contribution in [3.63, 3.8) is 0 Å². The van der Waals surface area contributed by atoms with Crippen molar-refractivity contribution in [1.82, 2.24) is 4.98 Å². The lowest BCUT2D eigenvalue weighted by molar-refractivity contribution is 0.0970. The fourth-order valence-electron chi connectivity index (χ4n) is 1.47. The van der Waals surface area contributed by atoms with Crippen LogP contribution in [0.25, 0.3) is 0 Å². The maximum absolute atomic E-state index is 8.60. The molecule has 5 nitrogen and oxygen atoms in total. The molecule has 3 N–H and O–H groups in total. The van der Waals surface area contributed by atoms with Gasteiger partial charge in [0.15, 0.2) is 0 Å². The number of aliphatic hydroxyl groups is 1. The minimum absolute atomic E-state index is 0.0397. The molecule has 0 saturated carbocycles. The molecule has 0 spiro atoms. The molecule has 0 amide bonds. The summed E-state index contributed by atoms with van der Waals surface area (Å²) in [5, 5.41) is 8.60. The number of thiocarbonyl (C=S) groups is 1. The first kappa shape index (κ1) is 14.8. The molecule has 0 atom stereocenters. The van der Waals surface area contributed by atoms with Crippen LogP contribution < -0.4 is 10.6 Å². The number of hydrogen-bond acceptors (Lipinski definition) is 5. The average molecular weight is 269 g/mol.